The lowest BCUT2D eigenvalue weighted by molar-refractivity contribution is 0.0668. The highest BCUT2D eigenvalue weighted by atomic mass is 19.3. The molecule has 0 aliphatic rings. The maximum Gasteiger partial charge on any atom is 0.319 e. The Hall–Kier alpha value is -2.48. The predicted octanol–water partition coefficient (Wildman–Crippen LogP) is 2.80. The topological polar surface area (TPSA) is 63.5 Å². The van der Waals surface area contributed by atoms with E-state index in [0.29, 0.717) is 25.7 Å². The van der Waals surface area contributed by atoms with E-state index in [0.717, 1.165) is 10.1 Å². The van der Waals surface area contributed by atoms with Crippen molar-refractivity contribution in [2.24, 2.45) is 10.9 Å². The number of benzene rings is 1. The summed E-state index contributed by atoms with van der Waals surface area (Å²) < 4.78 is 32.1. The van der Waals surface area contributed by atoms with Gasteiger partial charge in [-0.2, -0.15) is 8.78 Å². The SMILES string of the molecule is CN=C(NCc1nccn1C(F)F)NCC(C)COCc1ccccc1. The molecule has 2 aromatic rings. The summed E-state index contributed by atoms with van der Waals surface area (Å²) in [5, 5.41) is 6.15. The van der Waals surface area contributed by atoms with E-state index in [1.165, 1.54) is 12.4 Å². The minimum absolute atomic E-state index is 0.163. The average Bonchev–Trinajstić information content (AvgIpc) is 3.12. The molecule has 0 aliphatic heterocycles. The van der Waals surface area contributed by atoms with E-state index in [1.807, 2.05) is 30.3 Å². The maximum absolute atomic E-state index is 12.8. The van der Waals surface area contributed by atoms with E-state index in [-0.39, 0.29) is 18.3 Å². The molecule has 1 aromatic carbocycles. The van der Waals surface area contributed by atoms with E-state index in [4.69, 9.17) is 4.74 Å². The summed E-state index contributed by atoms with van der Waals surface area (Å²) in [5.41, 5.74) is 1.14. The monoisotopic (exact) mass is 365 g/mol. The molecule has 0 fully saturated rings. The molecular formula is C18H25F2N5O. The van der Waals surface area contributed by atoms with Crippen molar-refractivity contribution in [1.82, 2.24) is 20.2 Å². The largest absolute Gasteiger partial charge is 0.376 e. The van der Waals surface area contributed by atoms with Gasteiger partial charge in [0, 0.05) is 26.0 Å². The molecule has 1 heterocycles. The van der Waals surface area contributed by atoms with Crippen LogP contribution < -0.4 is 10.6 Å². The van der Waals surface area contributed by atoms with Crippen molar-refractivity contribution in [3.63, 3.8) is 0 Å². The predicted molar refractivity (Wildman–Crippen MR) is 96.9 cm³/mol. The maximum atomic E-state index is 12.8. The lowest BCUT2D eigenvalue weighted by atomic mass is 10.2. The Morgan fingerprint density at radius 1 is 1.27 bits per heavy atom. The third-order valence-corrected chi connectivity index (χ3v) is 3.73. The first-order chi connectivity index (χ1) is 12.6. The molecule has 2 rings (SSSR count). The van der Waals surface area contributed by atoms with Crippen LogP contribution in [0.1, 0.15) is 24.9 Å². The summed E-state index contributed by atoms with van der Waals surface area (Å²) in [6, 6.07) is 10.00. The standard InChI is InChI=1S/C18H25F2N5O/c1-14(12-26-13-15-6-4-3-5-7-15)10-23-18(21-2)24-11-16-22-8-9-25(16)17(19)20/h3-9,14,17H,10-13H2,1-2H3,(H2,21,23,24). The van der Waals surface area contributed by atoms with Crippen LogP contribution in [0.5, 0.6) is 0 Å². The number of hydrogen-bond acceptors (Lipinski definition) is 3. The van der Waals surface area contributed by atoms with Gasteiger partial charge in [-0.05, 0) is 11.5 Å². The first kappa shape index (κ1) is 19.8. The van der Waals surface area contributed by atoms with Crippen molar-refractivity contribution in [2.75, 3.05) is 20.2 Å². The number of alkyl halides is 2. The van der Waals surface area contributed by atoms with Crippen LogP contribution in [0.15, 0.2) is 47.7 Å². The van der Waals surface area contributed by atoms with Crippen molar-refractivity contribution in [3.8, 4) is 0 Å². The Labute approximate surface area is 152 Å². The fourth-order valence-corrected chi connectivity index (χ4v) is 2.32. The van der Waals surface area contributed by atoms with Crippen molar-refractivity contribution in [2.45, 2.75) is 26.6 Å². The second-order valence-corrected chi connectivity index (χ2v) is 5.94. The summed E-state index contributed by atoms with van der Waals surface area (Å²) in [6.45, 7) is 1.46. The van der Waals surface area contributed by atoms with Crippen LogP contribution in [-0.4, -0.2) is 35.7 Å². The summed E-state index contributed by atoms with van der Waals surface area (Å²) >= 11 is 0. The van der Waals surface area contributed by atoms with Crippen LogP contribution >= 0.6 is 0 Å². The molecular weight excluding hydrogens is 340 g/mol. The number of nitrogens with zero attached hydrogens (tertiary/aromatic N) is 3. The fourth-order valence-electron chi connectivity index (χ4n) is 2.32. The van der Waals surface area contributed by atoms with Crippen LogP contribution in [0.4, 0.5) is 8.78 Å². The van der Waals surface area contributed by atoms with E-state index in [2.05, 4.69) is 27.5 Å². The zero-order valence-electron chi connectivity index (χ0n) is 15.0. The van der Waals surface area contributed by atoms with Gasteiger partial charge in [0.25, 0.3) is 0 Å². The van der Waals surface area contributed by atoms with Crippen LogP contribution in [0, 0.1) is 5.92 Å². The molecule has 0 spiro atoms. The van der Waals surface area contributed by atoms with E-state index in [1.54, 1.807) is 7.05 Å². The molecule has 0 aliphatic carbocycles. The summed E-state index contributed by atoms with van der Waals surface area (Å²) in [4.78, 5) is 8.02. The number of aliphatic imine (C=N–C) groups is 1. The lowest BCUT2D eigenvalue weighted by Gasteiger charge is -2.16. The minimum Gasteiger partial charge on any atom is -0.376 e. The Balaban J connectivity index is 1.68. The molecule has 6 nitrogen and oxygen atoms in total. The van der Waals surface area contributed by atoms with Gasteiger partial charge in [-0.1, -0.05) is 37.3 Å². The van der Waals surface area contributed by atoms with Gasteiger partial charge in [0.15, 0.2) is 5.96 Å². The van der Waals surface area contributed by atoms with Crippen LogP contribution in [-0.2, 0) is 17.9 Å². The molecule has 26 heavy (non-hydrogen) atoms. The third-order valence-electron chi connectivity index (χ3n) is 3.73. The molecule has 0 saturated carbocycles. The van der Waals surface area contributed by atoms with Gasteiger partial charge in [-0.3, -0.25) is 9.56 Å². The number of aromatic nitrogens is 2. The fraction of sp³-hybridized carbons (Fsp3) is 0.444. The lowest BCUT2D eigenvalue weighted by Crippen LogP contribution is -2.40. The highest BCUT2D eigenvalue weighted by molar-refractivity contribution is 5.79. The van der Waals surface area contributed by atoms with Gasteiger partial charge >= 0.3 is 6.55 Å². The molecule has 1 unspecified atom stereocenters. The number of rotatable bonds is 9. The second-order valence-electron chi connectivity index (χ2n) is 5.94. The number of ether oxygens (including phenoxy) is 1. The highest BCUT2D eigenvalue weighted by Gasteiger charge is 2.11. The molecule has 1 atom stereocenters. The Morgan fingerprint density at radius 2 is 2.04 bits per heavy atom. The van der Waals surface area contributed by atoms with E-state index >= 15 is 0 Å². The number of imidazole rings is 1. The van der Waals surface area contributed by atoms with E-state index in [9.17, 15) is 8.78 Å². The first-order valence-corrected chi connectivity index (χ1v) is 8.46. The van der Waals surface area contributed by atoms with Crippen molar-refractivity contribution in [1.29, 1.82) is 0 Å². The average molecular weight is 365 g/mol. The van der Waals surface area contributed by atoms with Gasteiger partial charge < -0.3 is 15.4 Å². The molecule has 8 heteroatoms. The van der Waals surface area contributed by atoms with Crippen molar-refractivity contribution in [3.05, 3.63) is 54.1 Å². The van der Waals surface area contributed by atoms with Gasteiger partial charge in [0.2, 0.25) is 0 Å². The summed E-state index contributed by atoms with van der Waals surface area (Å²) in [7, 11) is 1.63. The van der Waals surface area contributed by atoms with Crippen LogP contribution in [0.2, 0.25) is 0 Å². The van der Waals surface area contributed by atoms with Gasteiger partial charge in [-0.25, -0.2) is 4.98 Å². The third kappa shape index (κ3) is 6.44. The molecule has 0 radical (unpaired) electrons. The van der Waals surface area contributed by atoms with Crippen molar-refractivity contribution < 1.29 is 13.5 Å². The molecule has 142 valence electrons. The molecule has 0 amide bonds. The zero-order chi connectivity index (χ0) is 18.8. The summed E-state index contributed by atoms with van der Waals surface area (Å²) in [5.74, 6) is 1.05. The Kier molecular flexibility index (Phi) is 8.01. The molecule has 0 saturated heterocycles. The van der Waals surface area contributed by atoms with Crippen molar-refractivity contribution >= 4 is 5.96 Å². The number of guanidine groups is 1. The molecule has 2 N–H and O–H groups in total. The zero-order valence-corrected chi connectivity index (χ0v) is 15.0. The number of nitrogens with one attached hydrogen (secondary N) is 2. The second kappa shape index (κ2) is 10.5. The van der Waals surface area contributed by atoms with Crippen LogP contribution in [0.3, 0.4) is 0 Å². The Bertz CT molecular complexity index is 675. The summed E-state index contributed by atoms with van der Waals surface area (Å²) in [6.07, 6.45) is 2.61. The first-order valence-electron chi connectivity index (χ1n) is 8.46. The van der Waals surface area contributed by atoms with Gasteiger partial charge in [-0.15, -0.1) is 0 Å². The molecule has 1 aromatic heterocycles. The molecule has 0 bridgehead atoms. The highest BCUT2D eigenvalue weighted by Crippen LogP contribution is 2.11. The van der Waals surface area contributed by atoms with E-state index < -0.39 is 6.55 Å². The number of halogens is 2. The van der Waals surface area contributed by atoms with Gasteiger partial charge in [0.05, 0.1) is 19.8 Å². The Morgan fingerprint density at radius 3 is 2.73 bits per heavy atom. The van der Waals surface area contributed by atoms with Gasteiger partial charge in [0.1, 0.15) is 5.82 Å². The minimum atomic E-state index is -2.61. The number of hydrogen-bond donors (Lipinski definition) is 2. The smallest absolute Gasteiger partial charge is 0.319 e. The quantitative estimate of drug-likeness (QED) is 0.530. The van der Waals surface area contributed by atoms with Crippen LogP contribution in [0.25, 0.3) is 0 Å². The normalized spacial score (nSPS) is 13.0.